The van der Waals surface area contributed by atoms with Gasteiger partial charge >= 0.3 is 0 Å². The van der Waals surface area contributed by atoms with Crippen molar-refractivity contribution in [1.82, 2.24) is 4.98 Å². The van der Waals surface area contributed by atoms with Crippen molar-refractivity contribution in [2.24, 2.45) is 0 Å². The van der Waals surface area contributed by atoms with Crippen molar-refractivity contribution in [3.63, 3.8) is 0 Å². The van der Waals surface area contributed by atoms with E-state index in [1.54, 1.807) is 23.2 Å². The molecule has 0 amide bonds. The Kier molecular flexibility index (Phi) is 2.26. The molecule has 0 aromatic carbocycles. The van der Waals surface area contributed by atoms with Crippen LogP contribution in [0, 0.1) is 0 Å². The van der Waals surface area contributed by atoms with Gasteiger partial charge in [-0.25, -0.2) is 4.98 Å². The average Bonchev–Trinajstić information content (AvgIpc) is 2.48. The number of hydrogen-bond acceptors (Lipinski definition) is 5. The Morgan fingerprint density at radius 2 is 2.00 bits per heavy atom. The Morgan fingerprint density at radius 1 is 1.36 bits per heavy atom. The fourth-order valence-corrected chi connectivity index (χ4v) is 1.62. The molecule has 0 saturated carbocycles. The summed E-state index contributed by atoms with van der Waals surface area (Å²) in [6.07, 6.45) is 0.218. The van der Waals surface area contributed by atoms with Gasteiger partial charge in [0.05, 0.1) is 17.9 Å². The van der Waals surface area contributed by atoms with Gasteiger partial charge < -0.3 is 20.8 Å². The van der Waals surface area contributed by atoms with Crippen molar-refractivity contribution in [2.75, 3.05) is 23.7 Å². The van der Waals surface area contributed by atoms with Crippen LogP contribution in [0.25, 0.3) is 0 Å². The second-order valence-electron chi connectivity index (χ2n) is 3.46. The first-order valence-electron chi connectivity index (χ1n) is 4.50. The molecule has 2 unspecified atom stereocenters. The summed E-state index contributed by atoms with van der Waals surface area (Å²) in [4.78, 5) is 5.89. The van der Waals surface area contributed by atoms with Crippen LogP contribution in [0.3, 0.4) is 0 Å². The predicted molar refractivity (Wildman–Crippen MR) is 52.9 cm³/mol. The van der Waals surface area contributed by atoms with Crippen molar-refractivity contribution in [3.8, 4) is 0 Å². The summed E-state index contributed by atoms with van der Waals surface area (Å²) in [5, 5.41) is 18.7. The molecule has 5 nitrogen and oxygen atoms in total. The zero-order valence-electron chi connectivity index (χ0n) is 7.67. The van der Waals surface area contributed by atoms with E-state index in [0.717, 1.165) is 0 Å². The summed E-state index contributed by atoms with van der Waals surface area (Å²) >= 11 is 0. The highest BCUT2D eigenvalue weighted by atomic mass is 16.3. The number of aliphatic hydroxyl groups is 2. The van der Waals surface area contributed by atoms with Crippen molar-refractivity contribution in [2.45, 2.75) is 12.2 Å². The van der Waals surface area contributed by atoms with Gasteiger partial charge in [-0.1, -0.05) is 0 Å². The minimum Gasteiger partial charge on any atom is -0.396 e. The minimum atomic E-state index is -0.712. The monoisotopic (exact) mass is 195 g/mol. The van der Waals surface area contributed by atoms with Crippen LogP contribution in [-0.2, 0) is 0 Å². The van der Waals surface area contributed by atoms with Crippen LogP contribution in [0.1, 0.15) is 0 Å². The third-order valence-electron chi connectivity index (χ3n) is 2.38. The second-order valence-corrected chi connectivity index (χ2v) is 3.46. The van der Waals surface area contributed by atoms with E-state index in [-0.39, 0.29) is 0 Å². The number of aromatic nitrogens is 1. The van der Waals surface area contributed by atoms with Crippen LogP contribution in [0.4, 0.5) is 11.5 Å². The zero-order valence-corrected chi connectivity index (χ0v) is 7.67. The Labute approximate surface area is 81.8 Å². The summed E-state index contributed by atoms with van der Waals surface area (Å²) in [5.74, 6) is 0.628. The van der Waals surface area contributed by atoms with Crippen molar-refractivity contribution in [3.05, 3.63) is 18.3 Å². The summed E-state index contributed by atoms with van der Waals surface area (Å²) < 4.78 is 0. The average molecular weight is 195 g/mol. The standard InChI is InChI=1S/C9H13N3O2/c10-6-2-1-3-11-9(6)12-4-7(13)8(14)5-12/h1-3,7-8,13-14H,4-5,10H2. The second kappa shape index (κ2) is 3.43. The topological polar surface area (TPSA) is 82.6 Å². The molecule has 1 saturated heterocycles. The molecule has 0 spiro atoms. The van der Waals surface area contributed by atoms with Crippen LogP contribution >= 0.6 is 0 Å². The maximum Gasteiger partial charge on any atom is 0.151 e. The van der Waals surface area contributed by atoms with E-state index in [1.165, 1.54) is 0 Å². The summed E-state index contributed by atoms with van der Waals surface area (Å²) in [5.41, 5.74) is 6.29. The first kappa shape index (κ1) is 9.23. The number of rotatable bonds is 1. The van der Waals surface area contributed by atoms with Gasteiger partial charge in [-0.2, -0.15) is 0 Å². The number of anilines is 2. The highest BCUT2D eigenvalue weighted by Crippen LogP contribution is 2.23. The smallest absolute Gasteiger partial charge is 0.151 e. The largest absolute Gasteiger partial charge is 0.396 e. The van der Waals surface area contributed by atoms with Gasteiger partial charge in [0, 0.05) is 19.3 Å². The van der Waals surface area contributed by atoms with Gasteiger partial charge in [0.15, 0.2) is 5.82 Å². The SMILES string of the molecule is Nc1cccnc1N1CC(O)C(O)C1. The molecule has 2 rings (SSSR count). The molecule has 4 N–H and O–H groups in total. The number of aliphatic hydroxyl groups excluding tert-OH is 2. The van der Waals surface area contributed by atoms with E-state index >= 15 is 0 Å². The van der Waals surface area contributed by atoms with Crippen LogP contribution in [0.15, 0.2) is 18.3 Å². The molecule has 1 fully saturated rings. The summed E-state index contributed by atoms with van der Waals surface area (Å²) in [6, 6.07) is 3.50. The summed E-state index contributed by atoms with van der Waals surface area (Å²) in [6.45, 7) is 0.755. The maximum atomic E-state index is 9.36. The lowest BCUT2D eigenvalue weighted by Gasteiger charge is -2.17. The van der Waals surface area contributed by atoms with Crippen LogP contribution in [-0.4, -0.2) is 40.5 Å². The van der Waals surface area contributed by atoms with Gasteiger partial charge in [0.2, 0.25) is 0 Å². The number of nitrogen functional groups attached to an aromatic ring is 1. The molecule has 76 valence electrons. The number of nitrogens with two attached hydrogens (primary N) is 1. The molecule has 1 aromatic rings. The normalized spacial score (nSPS) is 26.9. The molecule has 1 aromatic heterocycles. The Hall–Kier alpha value is -1.33. The Balaban J connectivity index is 2.21. The van der Waals surface area contributed by atoms with E-state index in [2.05, 4.69) is 4.98 Å². The lowest BCUT2D eigenvalue weighted by molar-refractivity contribution is 0.0572. The van der Waals surface area contributed by atoms with Gasteiger partial charge in [0.1, 0.15) is 0 Å². The molecule has 0 radical (unpaired) electrons. The van der Waals surface area contributed by atoms with Gasteiger partial charge in [-0.3, -0.25) is 0 Å². The molecule has 0 aliphatic carbocycles. The third-order valence-corrected chi connectivity index (χ3v) is 2.38. The molecule has 1 aliphatic rings. The maximum absolute atomic E-state index is 9.36. The van der Waals surface area contributed by atoms with E-state index in [0.29, 0.717) is 24.6 Å². The molecule has 2 atom stereocenters. The molecule has 14 heavy (non-hydrogen) atoms. The molecule has 0 bridgehead atoms. The lowest BCUT2D eigenvalue weighted by atomic mass is 10.3. The number of hydrogen-bond donors (Lipinski definition) is 3. The van der Waals surface area contributed by atoms with E-state index < -0.39 is 12.2 Å². The van der Waals surface area contributed by atoms with Crippen LogP contribution in [0.5, 0.6) is 0 Å². The van der Waals surface area contributed by atoms with Gasteiger partial charge in [0.25, 0.3) is 0 Å². The van der Waals surface area contributed by atoms with Gasteiger partial charge in [-0.15, -0.1) is 0 Å². The first-order valence-corrected chi connectivity index (χ1v) is 4.50. The zero-order chi connectivity index (χ0) is 10.1. The number of β-amino-alcohol motifs (C(OH)–C–C–N with tert-alkyl or cyclic N) is 2. The summed E-state index contributed by atoms with van der Waals surface area (Å²) in [7, 11) is 0. The molecular weight excluding hydrogens is 182 g/mol. The van der Waals surface area contributed by atoms with Crippen LogP contribution in [0.2, 0.25) is 0 Å². The Morgan fingerprint density at radius 3 is 2.57 bits per heavy atom. The lowest BCUT2D eigenvalue weighted by Crippen LogP contribution is -2.23. The number of pyridine rings is 1. The fourth-order valence-electron chi connectivity index (χ4n) is 1.62. The van der Waals surface area contributed by atoms with Crippen LogP contribution < -0.4 is 10.6 Å². The van der Waals surface area contributed by atoms with E-state index in [4.69, 9.17) is 5.73 Å². The van der Waals surface area contributed by atoms with E-state index in [1.807, 2.05) is 0 Å². The van der Waals surface area contributed by atoms with Crippen molar-refractivity contribution in [1.29, 1.82) is 0 Å². The van der Waals surface area contributed by atoms with Gasteiger partial charge in [-0.05, 0) is 12.1 Å². The molecule has 1 aliphatic heterocycles. The fraction of sp³-hybridized carbons (Fsp3) is 0.444. The minimum absolute atomic E-state index is 0.377. The third kappa shape index (κ3) is 1.51. The highest BCUT2D eigenvalue weighted by Gasteiger charge is 2.30. The predicted octanol–water partition coefficient (Wildman–Crippen LogP) is -0.794. The molecule has 5 heteroatoms. The van der Waals surface area contributed by atoms with Crippen molar-refractivity contribution >= 4 is 11.5 Å². The molecule has 2 heterocycles. The first-order chi connectivity index (χ1) is 6.68. The van der Waals surface area contributed by atoms with E-state index in [9.17, 15) is 10.2 Å². The molecular formula is C9H13N3O2. The quantitative estimate of drug-likeness (QED) is 0.547. The number of nitrogens with zero attached hydrogens (tertiary/aromatic N) is 2. The highest BCUT2D eigenvalue weighted by molar-refractivity contribution is 5.62. The van der Waals surface area contributed by atoms with Crippen molar-refractivity contribution < 1.29 is 10.2 Å². The Bertz CT molecular complexity index is 322.